The third-order valence-corrected chi connectivity index (χ3v) is 7.42. The Morgan fingerprint density at radius 1 is 1.06 bits per heavy atom. The van der Waals surface area contributed by atoms with Gasteiger partial charge < -0.3 is 10.2 Å². The van der Waals surface area contributed by atoms with Crippen molar-refractivity contribution in [2.75, 3.05) is 32.5 Å². The normalized spacial score (nSPS) is 15.2. The van der Waals surface area contributed by atoms with Crippen LogP contribution < -0.4 is 5.32 Å². The number of anilines is 1. The second-order valence-corrected chi connectivity index (χ2v) is 9.95. The average molecular weight is 448 g/mol. The Kier molecular flexibility index (Phi) is 6.76. The van der Waals surface area contributed by atoms with Gasteiger partial charge in [-0.05, 0) is 61.7 Å². The summed E-state index contributed by atoms with van der Waals surface area (Å²) in [6.45, 7) is 2.54. The molecule has 1 aliphatic rings. The van der Waals surface area contributed by atoms with Crippen LogP contribution in [-0.2, 0) is 14.8 Å². The van der Waals surface area contributed by atoms with Gasteiger partial charge in [-0.15, -0.1) is 0 Å². The molecule has 31 heavy (non-hydrogen) atoms. The van der Waals surface area contributed by atoms with Crippen LogP contribution in [0.15, 0.2) is 47.4 Å². The molecule has 0 spiro atoms. The number of carbonyl (C=O) groups is 2. The summed E-state index contributed by atoms with van der Waals surface area (Å²) < 4.78 is 39.2. The van der Waals surface area contributed by atoms with Crippen molar-refractivity contribution in [1.82, 2.24) is 9.21 Å². The number of hydrogen-bond acceptors (Lipinski definition) is 4. The van der Waals surface area contributed by atoms with Gasteiger partial charge in [0.1, 0.15) is 5.82 Å². The molecule has 7 nitrogen and oxygen atoms in total. The average Bonchev–Trinajstić information content (AvgIpc) is 2.75. The van der Waals surface area contributed by atoms with Crippen LogP contribution in [0, 0.1) is 18.7 Å². The molecule has 2 amide bonds. The Morgan fingerprint density at radius 3 is 2.26 bits per heavy atom. The summed E-state index contributed by atoms with van der Waals surface area (Å²) in [5.74, 6) is -1.07. The summed E-state index contributed by atoms with van der Waals surface area (Å²) in [5.41, 5.74) is 1.43. The highest BCUT2D eigenvalue weighted by Gasteiger charge is 2.28. The van der Waals surface area contributed by atoms with Crippen LogP contribution in [0.2, 0.25) is 0 Å². The lowest BCUT2D eigenvalue weighted by atomic mass is 9.95. The van der Waals surface area contributed by atoms with Crippen molar-refractivity contribution in [3.63, 3.8) is 0 Å². The molecule has 0 aromatic heterocycles. The van der Waals surface area contributed by atoms with Crippen LogP contribution in [0.5, 0.6) is 0 Å². The van der Waals surface area contributed by atoms with Crippen LogP contribution >= 0.6 is 0 Å². The molecule has 0 aliphatic carbocycles. The van der Waals surface area contributed by atoms with E-state index in [0.29, 0.717) is 42.7 Å². The van der Waals surface area contributed by atoms with E-state index in [0.717, 1.165) is 4.31 Å². The minimum absolute atomic E-state index is 0.148. The fraction of sp³-hybridized carbons (Fsp3) is 0.364. The van der Waals surface area contributed by atoms with E-state index in [1.807, 2.05) is 0 Å². The van der Waals surface area contributed by atoms with Crippen LogP contribution in [0.3, 0.4) is 0 Å². The van der Waals surface area contributed by atoms with Crippen LogP contribution in [0.1, 0.15) is 28.8 Å². The molecule has 9 heteroatoms. The second-order valence-electron chi connectivity index (χ2n) is 7.83. The monoisotopic (exact) mass is 447 g/mol. The van der Waals surface area contributed by atoms with Gasteiger partial charge in [-0.2, -0.15) is 0 Å². The number of nitrogens with zero attached hydrogens (tertiary/aromatic N) is 2. The first-order chi connectivity index (χ1) is 14.6. The lowest BCUT2D eigenvalue weighted by Gasteiger charge is -2.31. The molecule has 0 radical (unpaired) electrons. The predicted molar refractivity (Wildman–Crippen MR) is 116 cm³/mol. The molecule has 1 fully saturated rings. The molecular formula is C22H26FN3O4S. The van der Waals surface area contributed by atoms with Gasteiger partial charge in [-0.25, -0.2) is 17.1 Å². The third-order valence-electron chi connectivity index (χ3n) is 5.46. The Balaban J connectivity index is 1.63. The van der Waals surface area contributed by atoms with Crippen LogP contribution in [0.25, 0.3) is 0 Å². The molecule has 166 valence electrons. The van der Waals surface area contributed by atoms with Gasteiger partial charge >= 0.3 is 0 Å². The number of hydrogen-bond donors (Lipinski definition) is 1. The lowest BCUT2D eigenvalue weighted by molar-refractivity contribution is -0.121. The minimum Gasteiger partial charge on any atom is -0.339 e. The highest BCUT2D eigenvalue weighted by Crippen LogP contribution is 2.25. The van der Waals surface area contributed by atoms with Crippen molar-refractivity contribution in [3.8, 4) is 0 Å². The number of likely N-dealkylation sites (tertiary alicyclic amines) is 1. The van der Waals surface area contributed by atoms with Crippen molar-refractivity contribution in [2.45, 2.75) is 24.7 Å². The first-order valence-electron chi connectivity index (χ1n) is 9.98. The zero-order valence-corrected chi connectivity index (χ0v) is 18.6. The van der Waals surface area contributed by atoms with Gasteiger partial charge in [0, 0.05) is 44.4 Å². The molecule has 0 saturated carbocycles. The highest BCUT2D eigenvalue weighted by atomic mass is 32.2. The third kappa shape index (κ3) is 5.11. The smallest absolute Gasteiger partial charge is 0.253 e. The first-order valence-corrected chi connectivity index (χ1v) is 11.4. The molecule has 0 atom stereocenters. The summed E-state index contributed by atoms with van der Waals surface area (Å²) >= 11 is 0. The van der Waals surface area contributed by atoms with Gasteiger partial charge in [-0.1, -0.05) is 6.07 Å². The van der Waals surface area contributed by atoms with E-state index in [9.17, 15) is 22.4 Å². The Hall–Kier alpha value is -2.78. The van der Waals surface area contributed by atoms with E-state index in [2.05, 4.69) is 5.32 Å². The van der Waals surface area contributed by atoms with E-state index in [1.165, 1.54) is 44.4 Å². The quantitative estimate of drug-likeness (QED) is 0.764. The van der Waals surface area contributed by atoms with Crippen LogP contribution in [-0.4, -0.2) is 56.6 Å². The highest BCUT2D eigenvalue weighted by molar-refractivity contribution is 7.89. The summed E-state index contributed by atoms with van der Waals surface area (Å²) in [5, 5.41) is 2.81. The zero-order valence-electron chi connectivity index (χ0n) is 17.8. The van der Waals surface area contributed by atoms with Crippen molar-refractivity contribution in [1.29, 1.82) is 0 Å². The molecule has 1 heterocycles. The number of benzene rings is 2. The van der Waals surface area contributed by atoms with E-state index >= 15 is 0 Å². The Labute approximate surface area is 181 Å². The number of sulfonamides is 1. The summed E-state index contributed by atoms with van der Waals surface area (Å²) in [6, 6.07) is 10.2. The molecule has 0 unspecified atom stereocenters. The molecule has 1 N–H and O–H groups in total. The molecule has 3 rings (SSSR count). The molecule has 2 aromatic carbocycles. The fourth-order valence-corrected chi connectivity index (χ4v) is 4.66. The van der Waals surface area contributed by atoms with Gasteiger partial charge in [0.2, 0.25) is 15.9 Å². The molecule has 1 aliphatic heterocycles. The molecule has 0 bridgehead atoms. The number of rotatable bonds is 5. The number of amides is 2. The van der Waals surface area contributed by atoms with E-state index < -0.39 is 15.8 Å². The molecular weight excluding hydrogens is 421 g/mol. The lowest BCUT2D eigenvalue weighted by Crippen LogP contribution is -2.41. The Morgan fingerprint density at radius 2 is 1.68 bits per heavy atom. The largest absolute Gasteiger partial charge is 0.339 e. The molecule has 1 saturated heterocycles. The van der Waals surface area contributed by atoms with Gasteiger partial charge in [0.15, 0.2) is 0 Å². The summed E-state index contributed by atoms with van der Waals surface area (Å²) in [6.07, 6.45) is 0.987. The van der Waals surface area contributed by atoms with Gasteiger partial charge in [0.05, 0.1) is 4.90 Å². The number of carbonyl (C=O) groups excluding carboxylic acids is 2. The van der Waals surface area contributed by atoms with E-state index in [4.69, 9.17) is 0 Å². The number of nitrogens with one attached hydrogen (secondary N) is 1. The first kappa shape index (κ1) is 22.9. The SMILES string of the molecule is Cc1ccc(NC(=O)C2CCN(C(=O)c3ccc(F)cc3)CC2)cc1S(=O)(=O)N(C)C. The Bertz CT molecular complexity index is 1080. The minimum atomic E-state index is -3.62. The van der Waals surface area contributed by atoms with Crippen molar-refractivity contribution in [3.05, 3.63) is 59.4 Å². The fourth-order valence-electron chi connectivity index (χ4n) is 3.52. The summed E-state index contributed by atoms with van der Waals surface area (Å²) in [7, 11) is -0.703. The standard InChI is InChI=1S/C22H26FN3O4S/c1-15-4-9-19(14-20(15)31(29,30)25(2)3)24-21(27)16-10-12-26(13-11-16)22(28)17-5-7-18(23)8-6-17/h4-9,14,16H,10-13H2,1-3H3,(H,24,27). The van der Waals surface area contributed by atoms with E-state index in [-0.39, 0.29) is 22.6 Å². The van der Waals surface area contributed by atoms with Crippen molar-refractivity contribution in [2.24, 2.45) is 5.92 Å². The summed E-state index contributed by atoms with van der Waals surface area (Å²) in [4.78, 5) is 27.1. The predicted octanol–water partition coefficient (Wildman–Crippen LogP) is 2.88. The second kappa shape index (κ2) is 9.15. The molecule has 2 aromatic rings. The number of halogens is 1. The van der Waals surface area contributed by atoms with Gasteiger partial charge in [-0.3, -0.25) is 9.59 Å². The number of aryl methyl sites for hydroxylation is 1. The van der Waals surface area contributed by atoms with Crippen LogP contribution in [0.4, 0.5) is 10.1 Å². The topological polar surface area (TPSA) is 86.8 Å². The maximum atomic E-state index is 13.1. The van der Waals surface area contributed by atoms with E-state index in [1.54, 1.807) is 24.0 Å². The van der Waals surface area contributed by atoms with Crippen molar-refractivity contribution < 1.29 is 22.4 Å². The maximum Gasteiger partial charge on any atom is 0.253 e. The maximum absolute atomic E-state index is 13.1. The van der Waals surface area contributed by atoms with Crippen molar-refractivity contribution >= 4 is 27.5 Å². The van der Waals surface area contributed by atoms with Gasteiger partial charge in [0.25, 0.3) is 5.91 Å². The zero-order chi connectivity index (χ0) is 22.8. The number of piperidine rings is 1.